The number of carboxylic acids is 1. The fourth-order valence-electron chi connectivity index (χ4n) is 1.53. The van der Waals surface area contributed by atoms with E-state index in [1.807, 2.05) is 6.92 Å². The molecule has 7 heteroatoms. The number of benzene rings is 1. The van der Waals surface area contributed by atoms with Crippen molar-refractivity contribution in [2.45, 2.75) is 19.4 Å². The zero-order chi connectivity index (χ0) is 15.3. The smallest absolute Gasteiger partial charge is 0.333 e. The van der Waals surface area contributed by atoms with Crippen LogP contribution in [0.3, 0.4) is 0 Å². The molecule has 0 aliphatic rings. The van der Waals surface area contributed by atoms with Gasteiger partial charge >= 0.3 is 5.97 Å². The molecule has 0 unspecified atom stereocenters. The number of ether oxygens (including phenoxy) is 1. The molecule has 20 heavy (non-hydrogen) atoms. The molecule has 1 aromatic rings. The van der Waals surface area contributed by atoms with Gasteiger partial charge in [-0.15, -0.1) is 0 Å². The second-order valence-corrected chi connectivity index (χ2v) is 4.06. The molecule has 1 aromatic carbocycles. The van der Waals surface area contributed by atoms with Gasteiger partial charge in [-0.05, 0) is 18.6 Å². The molecular weight excluding hydrogens is 266 g/mol. The van der Waals surface area contributed by atoms with Crippen molar-refractivity contribution in [3.8, 4) is 5.75 Å². The lowest BCUT2D eigenvalue weighted by Gasteiger charge is -2.13. The quantitative estimate of drug-likeness (QED) is 0.449. The summed E-state index contributed by atoms with van der Waals surface area (Å²) >= 11 is 0. The van der Waals surface area contributed by atoms with E-state index < -0.39 is 22.6 Å². The summed E-state index contributed by atoms with van der Waals surface area (Å²) in [6.07, 6.45) is -0.922. The molecule has 0 spiro atoms. The van der Waals surface area contributed by atoms with E-state index in [-0.39, 0.29) is 11.3 Å². The van der Waals surface area contributed by atoms with Gasteiger partial charge in [-0.25, -0.2) is 4.79 Å². The molecule has 0 radical (unpaired) electrons. The second kappa shape index (κ2) is 6.67. The van der Waals surface area contributed by atoms with E-state index in [1.54, 1.807) is 0 Å². The Morgan fingerprint density at radius 3 is 2.70 bits per heavy atom. The molecule has 108 valence electrons. The van der Waals surface area contributed by atoms with Crippen molar-refractivity contribution in [2.75, 3.05) is 6.61 Å². The average molecular weight is 281 g/mol. The van der Waals surface area contributed by atoms with Gasteiger partial charge in [0, 0.05) is 6.07 Å². The van der Waals surface area contributed by atoms with E-state index in [9.17, 15) is 20.0 Å². The summed E-state index contributed by atoms with van der Waals surface area (Å²) in [6, 6.07) is 3.82. The predicted octanol–water partition coefficient (Wildman–Crippen LogP) is 2.06. The van der Waals surface area contributed by atoms with Crippen molar-refractivity contribution in [1.82, 2.24) is 0 Å². The Balaban J connectivity index is 3.21. The summed E-state index contributed by atoms with van der Waals surface area (Å²) in [5.41, 5.74) is -1.08. The van der Waals surface area contributed by atoms with Gasteiger partial charge in [-0.1, -0.05) is 13.5 Å². The average Bonchev–Trinajstić information content (AvgIpc) is 2.42. The minimum absolute atomic E-state index is 0.156. The van der Waals surface area contributed by atoms with Crippen LogP contribution in [0.1, 0.15) is 25.0 Å². The predicted molar refractivity (Wildman–Crippen MR) is 70.6 cm³/mol. The number of aliphatic hydroxyl groups is 1. The molecule has 0 fully saturated rings. The third-order valence-corrected chi connectivity index (χ3v) is 2.57. The summed E-state index contributed by atoms with van der Waals surface area (Å²) in [5, 5.41) is 29.6. The van der Waals surface area contributed by atoms with Crippen molar-refractivity contribution < 1.29 is 24.7 Å². The number of carboxylic acid groups (broad SMARTS) is 1. The highest BCUT2D eigenvalue weighted by Gasteiger charge is 2.26. The maximum absolute atomic E-state index is 10.9. The SMILES string of the molecule is C=C(C(=O)O)[C@H](O)c1cc(OCCC)ccc1[N+](=O)[O-]. The van der Waals surface area contributed by atoms with Crippen LogP contribution < -0.4 is 4.74 Å². The first-order valence-corrected chi connectivity index (χ1v) is 5.89. The molecule has 0 amide bonds. The highest BCUT2D eigenvalue weighted by Crippen LogP contribution is 2.32. The molecule has 0 aromatic heterocycles. The number of nitro benzene ring substituents is 1. The van der Waals surface area contributed by atoms with Gasteiger partial charge in [0.25, 0.3) is 5.69 Å². The molecule has 0 aliphatic carbocycles. The highest BCUT2D eigenvalue weighted by atomic mass is 16.6. The van der Waals surface area contributed by atoms with E-state index >= 15 is 0 Å². The topological polar surface area (TPSA) is 110 Å². The first kappa shape index (κ1) is 15.6. The van der Waals surface area contributed by atoms with Crippen molar-refractivity contribution in [3.63, 3.8) is 0 Å². The number of hydrogen-bond acceptors (Lipinski definition) is 5. The van der Waals surface area contributed by atoms with Crippen LogP contribution in [0.25, 0.3) is 0 Å². The fourth-order valence-corrected chi connectivity index (χ4v) is 1.53. The summed E-state index contributed by atoms with van der Waals surface area (Å²) in [5.74, 6) is -1.10. The Kier molecular flexibility index (Phi) is 5.22. The third-order valence-electron chi connectivity index (χ3n) is 2.57. The van der Waals surface area contributed by atoms with Crippen molar-refractivity contribution in [1.29, 1.82) is 0 Å². The Labute approximate surface area is 115 Å². The molecule has 0 aliphatic heterocycles. The largest absolute Gasteiger partial charge is 0.494 e. The molecule has 1 rings (SSSR count). The lowest BCUT2D eigenvalue weighted by molar-refractivity contribution is -0.386. The molecule has 7 nitrogen and oxygen atoms in total. The Morgan fingerprint density at radius 1 is 1.55 bits per heavy atom. The van der Waals surface area contributed by atoms with Gasteiger partial charge < -0.3 is 14.9 Å². The maximum atomic E-state index is 10.9. The Morgan fingerprint density at radius 2 is 2.20 bits per heavy atom. The molecular formula is C13H15NO6. The van der Waals surface area contributed by atoms with Gasteiger partial charge in [-0.2, -0.15) is 0 Å². The van der Waals surface area contributed by atoms with E-state index in [4.69, 9.17) is 9.84 Å². The van der Waals surface area contributed by atoms with Crippen LogP contribution in [0.5, 0.6) is 5.75 Å². The minimum atomic E-state index is -1.67. The monoisotopic (exact) mass is 281 g/mol. The standard InChI is InChI=1S/C13H15NO6/c1-3-6-20-9-4-5-11(14(18)19)10(7-9)12(15)8(2)13(16)17/h4-5,7,12,15H,2-3,6H2,1H3,(H,16,17)/t12-/m0/s1. The normalized spacial score (nSPS) is 11.7. The fraction of sp³-hybridized carbons (Fsp3) is 0.308. The summed E-state index contributed by atoms with van der Waals surface area (Å²) in [6.45, 7) is 5.52. The molecule has 0 bridgehead atoms. The lowest BCUT2D eigenvalue weighted by atomic mass is 10.0. The van der Waals surface area contributed by atoms with Crippen LogP contribution in [0.4, 0.5) is 5.69 Å². The third kappa shape index (κ3) is 3.55. The molecule has 0 heterocycles. The van der Waals surface area contributed by atoms with Crippen LogP contribution in [-0.4, -0.2) is 27.7 Å². The second-order valence-electron chi connectivity index (χ2n) is 4.06. The number of nitrogens with zero attached hydrogens (tertiary/aromatic N) is 1. The number of nitro groups is 1. The highest BCUT2D eigenvalue weighted by molar-refractivity contribution is 5.87. The number of hydrogen-bond donors (Lipinski definition) is 2. The van der Waals surface area contributed by atoms with Crippen LogP contribution in [0.2, 0.25) is 0 Å². The summed E-state index contributed by atoms with van der Waals surface area (Å²) in [7, 11) is 0. The van der Waals surface area contributed by atoms with Crippen molar-refractivity contribution in [2.24, 2.45) is 0 Å². The number of aliphatic carboxylic acids is 1. The molecule has 2 N–H and O–H groups in total. The Hall–Kier alpha value is -2.41. The van der Waals surface area contributed by atoms with Gasteiger partial charge in [0.2, 0.25) is 0 Å². The zero-order valence-electron chi connectivity index (χ0n) is 10.9. The van der Waals surface area contributed by atoms with E-state index in [2.05, 4.69) is 6.58 Å². The van der Waals surface area contributed by atoms with E-state index in [0.29, 0.717) is 12.4 Å². The van der Waals surface area contributed by atoms with Gasteiger partial charge in [-0.3, -0.25) is 10.1 Å². The van der Waals surface area contributed by atoms with Gasteiger partial charge in [0.1, 0.15) is 11.9 Å². The van der Waals surface area contributed by atoms with Crippen LogP contribution in [0.15, 0.2) is 30.4 Å². The lowest BCUT2D eigenvalue weighted by Crippen LogP contribution is -2.11. The zero-order valence-corrected chi connectivity index (χ0v) is 10.9. The van der Waals surface area contributed by atoms with Gasteiger partial charge in [0.05, 0.1) is 22.7 Å². The summed E-state index contributed by atoms with van der Waals surface area (Å²) < 4.78 is 5.31. The van der Waals surface area contributed by atoms with Crippen LogP contribution >= 0.6 is 0 Å². The number of aliphatic hydroxyl groups excluding tert-OH is 1. The number of rotatable bonds is 7. The first-order valence-electron chi connectivity index (χ1n) is 5.89. The summed E-state index contributed by atoms with van der Waals surface area (Å²) in [4.78, 5) is 21.0. The van der Waals surface area contributed by atoms with Crippen LogP contribution in [0, 0.1) is 10.1 Å². The van der Waals surface area contributed by atoms with Crippen LogP contribution in [-0.2, 0) is 4.79 Å². The molecule has 1 atom stereocenters. The van der Waals surface area contributed by atoms with E-state index in [1.165, 1.54) is 18.2 Å². The maximum Gasteiger partial charge on any atom is 0.333 e. The van der Waals surface area contributed by atoms with Crippen molar-refractivity contribution in [3.05, 3.63) is 46.0 Å². The van der Waals surface area contributed by atoms with E-state index in [0.717, 1.165) is 6.42 Å². The van der Waals surface area contributed by atoms with Crippen molar-refractivity contribution >= 4 is 11.7 Å². The molecule has 0 saturated heterocycles. The number of carbonyl (C=O) groups is 1. The minimum Gasteiger partial charge on any atom is -0.494 e. The molecule has 0 saturated carbocycles. The van der Waals surface area contributed by atoms with Gasteiger partial charge in [0.15, 0.2) is 0 Å². The first-order chi connectivity index (χ1) is 9.38. The Bertz CT molecular complexity index is 540.